The van der Waals surface area contributed by atoms with Gasteiger partial charge in [-0.3, -0.25) is 4.79 Å². The Morgan fingerprint density at radius 1 is 1.20 bits per heavy atom. The van der Waals surface area contributed by atoms with Gasteiger partial charge in [0.1, 0.15) is 6.07 Å². The Balaban J connectivity index is 1.64. The number of nitriles is 1. The molecule has 0 aliphatic rings. The van der Waals surface area contributed by atoms with E-state index < -0.39 is 0 Å². The van der Waals surface area contributed by atoms with Crippen LogP contribution in [0.4, 0.5) is 5.69 Å². The summed E-state index contributed by atoms with van der Waals surface area (Å²) in [6, 6.07) is 15.1. The van der Waals surface area contributed by atoms with Crippen LogP contribution in [0.3, 0.4) is 0 Å². The largest absolute Gasteiger partial charge is 0.325 e. The highest BCUT2D eigenvalue weighted by molar-refractivity contribution is 7.99. The van der Waals surface area contributed by atoms with Crippen LogP contribution in [0.15, 0.2) is 47.6 Å². The molecule has 1 aromatic heterocycles. The van der Waals surface area contributed by atoms with Crippen molar-refractivity contribution >= 4 is 35.0 Å². The molecule has 0 saturated carbocycles. The number of anilines is 1. The van der Waals surface area contributed by atoms with Gasteiger partial charge >= 0.3 is 0 Å². The molecule has 1 amide bonds. The zero-order chi connectivity index (χ0) is 21.9. The monoisotopic (exact) mass is 439 g/mol. The minimum Gasteiger partial charge on any atom is -0.325 e. The van der Waals surface area contributed by atoms with Crippen molar-refractivity contribution in [3.8, 4) is 17.5 Å². The maximum Gasteiger partial charge on any atom is 0.234 e. The summed E-state index contributed by atoms with van der Waals surface area (Å²) in [6.45, 7) is 6.53. The van der Waals surface area contributed by atoms with E-state index in [0.717, 1.165) is 11.4 Å². The Morgan fingerprint density at radius 2 is 1.90 bits per heavy atom. The van der Waals surface area contributed by atoms with Crippen LogP contribution < -0.4 is 5.32 Å². The van der Waals surface area contributed by atoms with E-state index in [1.54, 1.807) is 18.2 Å². The number of nitrogens with one attached hydrogen (secondary N) is 1. The summed E-state index contributed by atoms with van der Waals surface area (Å²) in [7, 11) is 1.88. The average molecular weight is 440 g/mol. The molecule has 1 heterocycles. The van der Waals surface area contributed by atoms with Crippen molar-refractivity contribution in [2.24, 2.45) is 7.05 Å². The maximum atomic E-state index is 12.3. The number of hydrogen-bond donors (Lipinski definition) is 1. The van der Waals surface area contributed by atoms with Crippen LogP contribution >= 0.6 is 23.4 Å². The number of hydrogen-bond acceptors (Lipinski definition) is 5. The lowest BCUT2D eigenvalue weighted by atomic mass is 9.87. The zero-order valence-corrected chi connectivity index (χ0v) is 18.8. The average Bonchev–Trinajstić information content (AvgIpc) is 3.06. The van der Waals surface area contributed by atoms with E-state index in [1.807, 2.05) is 29.8 Å². The van der Waals surface area contributed by atoms with Crippen molar-refractivity contribution < 1.29 is 4.79 Å². The van der Waals surface area contributed by atoms with Crippen molar-refractivity contribution in [3.63, 3.8) is 0 Å². The van der Waals surface area contributed by atoms with Gasteiger partial charge in [0.05, 0.1) is 16.3 Å². The highest BCUT2D eigenvalue weighted by Crippen LogP contribution is 2.27. The number of nitrogens with zero attached hydrogens (tertiary/aromatic N) is 4. The number of carbonyl (C=O) groups excluding carboxylic acids is 1. The molecule has 8 heteroatoms. The van der Waals surface area contributed by atoms with Crippen LogP contribution in [-0.2, 0) is 17.3 Å². The Hall–Kier alpha value is -2.82. The molecule has 1 N–H and O–H groups in total. The summed E-state index contributed by atoms with van der Waals surface area (Å²) in [6.07, 6.45) is 0. The molecule has 30 heavy (non-hydrogen) atoms. The molecule has 6 nitrogen and oxygen atoms in total. The molecule has 3 rings (SSSR count). The van der Waals surface area contributed by atoms with Gasteiger partial charge in [0.25, 0.3) is 0 Å². The zero-order valence-electron chi connectivity index (χ0n) is 17.2. The molecule has 0 aliphatic carbocycles. The van der Waals surface area contributed by atoms with Crippen LogP contribution in [0.25, 0.3) is 11.4 Å². The smallest absolute Gasteiger partial charge is 0.234 e. The van der Waals surface area contributed by atoms with Gasteiger partial charge in [-0.2, -0.15) is 5.26 Å². The standard InChI is InChI=1S/C22H22ClN5OS/c1-22(2,3)16-8-5-14(6-9-16)20-26-27-21(28(20)4)30-13-19(29)25-17-10-7-15(12-24)18(23)11-17/h5-11H,13H2,1-4H3,(H,25,29). The van der Waals surface area contributed by atoms with Crippen LogP contribution in [0.5, 0.6) is 0 Å². The van der Waals surface area contributed by atoms with Gasteiger partial charge in [0, 0.05) is 18.3 Å². The summed E-state index contributed by atoms with van der Waals surface area (Å²) < 4.78 is 1.88. The lowest BCUT2D eigenvalue weighted by Gasteiger charge is -2.19. The van der Waals surface area contributed by atoms with E-state index in [2.05, 4.69) is 48.4 Å². The number of amides is 1. The fourth-order valence-corrected chi connectivity index (χ4v) is 3.76. The van der Waals surface area contributed by atoms with Crippen molar-refractivity contribution in [1.29, 1.82) is 5.26 Å². The molecule has 0 unspecified atom stereocenters. The van der Waals surface area contributed by atoms with Crippen LogP contribution in [0.1, 0.15) is 31.9 Å². The Morgan fingerprint density at radius 3 is 2.50 bits per heavy atom. The first kappa shape index (κ1) is 21.9. The second kappa shape index (κ2) is 8.90. The van der Waals surface area contributed by atoms with Gasteiger partial charge in [-0.25, -0.2) is 0 Å². The van der Waals surface area contributed by atoms with E-state index in [0.29, 0.717) is 21.4 Å². The molecule has 154 valence electrons. The normalized spacial score (nSPS) is 11.2. The molecule has 0 saturated heterocycles. The van der Waals surface area contributed by atoms with Gasteiger partial charge < -0.3 is 9.88 Å². The van der Waals surface area contributed by atoms with E-state index in [-0.39, 0.29) is 17.1 Å². The third-order valence-corrected chi connectivity index (χ3v) is 5.88. The van der Waals surface area contributed by atoms with Crippen molar-refractivity contribution in [2.75, 3.05) is 11.1 Å². The highest BCUT2D eigenvalue weighted by Gasteiger charge is 2.16. The van der Waals surface area contributed by atoms with Gasteiger partial charge in [-0.15, -0.1) is 10.2 Å². The molecular formula is C22H22ClN5OS. The number of carbonyl (C=O) groups is 1. The molecule has 2 aromatic carbocycles. The predicted octanol–water partition coefficient (Wildman–Crippen LogP) is 5.04. The van der Waals surface area contributed by atoms with Gasteiger partial charge in [0.2, 0.25) is 5.91 Å². The number of aromatic nitrogens is 3. The number of rotatable bonds is 5. The summed E-state index contributed by atoms with van der Waals surface area (Å²) in [5.41, 5.74) is 3.23. The number of benzene rings is 2. The molecule has 0 spiro atoms. The van der Waals surface area contributed by atoms with Crippen molar-refractivity contribution in [1.82, 2.24) is 14.8 Å². The minimum absolute atomic E-state index is 0.0892. The summed E-state index contributed by atoms with van der Waals surface area (Å²) in [4.78, 5) is 12.3. The van der Waals surface area contributed by atoms with E-state index >= 15 is 0 Å². The van der Waals surface area contributed by atoms with Crippen LogP contribution in [-0.4, -0.2) is 26.4 Å². The first-order valence-electron chi connectivity index (χ1n) is 9.31. The van der Waals surface area contributed by atoms with Gasteiger partial charge in [-0.05, 0) is 29.2 Å². The predicted molar refractivity (Wildman–Crippen MR) is 121 cm³/mol. The topological polar surface area (TPSA) is 83.6 Å². The van der Waals surface area contributed by atoms with E-state index in [4.69, 9.17) is 16.9 Å². The molecular weight excluding hydrogens is 418 g/mol. The Bertz CT molecular complexity index is 1110. The van der Waals surface area contributed by atoms with Gasteiger partial charge in [-0.1, -0.05) is 68.4 Å². The van der Waals surface area contributed by atoms with Crippen molar-refractivity contribution in [2.45, 2.75) is 31.3 Å². The molecule has 0 bridgehead atoms. The minimum atomic E-state index is -0.195. The lowest BCUT2D eigenvalue weighted by molar-refractivity contribution is -0.113. The molecule has 0 atom stereocenters. The summed E-state index contributed by atoms with van der Waals surface area (Å²) in [5.74, 6) is 0.726. The quantitative estimate of drug-likeness (QED) is 0.563. The van der Waals surface area contributed by atoms with Crippen molar-refractivity contribution in [3.05, 3.63) is 58.6 Å². The lowest BCUT2D eigenvalue weighted by Crippen LogP contribution is -2.14. The summed E-state index contributed by atoms with van der Waals surface area (Å²) in [5, 5.41) is 21.1. The summed E-state index contributed by atoms with van der Waals surface area (Å²) >= 11 is 7.30. The Kier molecular flexibility index (Phi) is 6.49. The highest BCUT2D eigenvalue weighted by atomic mass is 35.5. The fourth-order valence-electron chi connectivity index (χ4n) is 2.82. The van der Waals surface area contributed by atoms with Gasteiger partial charge in [0.15, 0.2) is 11.0 Å². The molecule has 0 fully saturated rings. The fraction of sp³-hybridized carbons (Fsp3) is 0.273. The van der Waals surface area contributed by atoms with E-state index in [9.17, 15) is 4.79 Å². The number of halogens is 1. The Labute approximate surface area is 185 Å². The van der Waals surface area contributed by atoms with Crippen LogP contribution in [0, 0.1) is 11.3 Å². The van der Waals surface area contributed by atoms with E-state index in [1.165, 1.54) is 17.3 Å². The third kappa shape index (κ3) is 5.02. The van der Waals surface area contributed by atoms with Crippen LogP contribution in [0.2, 0.25) is 5.02 Å². The molecule has 0 aliphatic heterocycles. The first-order valence-corrected chi connectivity index (χ1v) is 10.7. The third-order valence-electron chi connectivity index (χ3n) is 4.55. The second-order valence-corrected chi connectivity index (χ2v) is 9.19. The molecule has 3 aromatic rings. The maximum absolute atomic E-state index is 12.3. The molecule has 0 radical (unpaired) electrons. The second-order valence-electron chi connectivity index (χ2n) is 7.84. The first-order chi connectivity index (χ1) is 14.2. The SMILES string of the molecule is Cn1c(SCC(=O)Nc2ccc(C#N)c(Cl)c2)nnc1-c1ccc(C(C)(C)C)cc1. The number of thioether (sulfide) groups is 1.